The van der Waals surface area contributed by atoms with Gasteiger partial charge in [0.05, 0.1) is 5.56 Å². The Hall–Kier alpha value is -2.88. The Balaban J connectivity index is 1.33. The Morgan fingerprint density at radius 3 is 1.94 bits per heavy atom. The van der Waals surface area contributed by atoms with E-state index in [1.54, 1.807) is 4.90 Å². The maximum atomic E-state index is 12.9. The first-order valence-corrected chi connectivity index (χ1v) is 10.9. The fourth-order valence-electron chi connectivity index (χ4n) is 4.10. The number of alkyl halides is 3. The second-order valence-corrected chi connectivity index (χ2v) is 8.03. The van der Waals surface area contributed by atoms with Gasteiger partial charge in [-0.1, -0.05) is 13.0 Å². The molecule has 2 aliphatic heterocycles. The number of benzene rings is 1. The van der Waals surface area contributed by atoms with Crippen molar-refractivity contribution in [1.29, 1.82) is 0 Å². The lowest BCUT2D eigenvalue weighted by Crippen LogP contribution is -2.49. The van der Waals surface area contributed by atoms with Gasteiger partial charge in [0.1, 0.15) is 0 Å². The van der Waals surface area contributed by atoms with Crippen LogP contribution in [0, 0.1) is 0 Å². The first kappa shape index (κ1) is 22.3. The van der Waals surface area contributed by atoms with Crippen LogP contribution < -0.4 is 9.80 Å². The number of halogens is 3. The summed E-state index contributed by atoms with van der Waals surface area (Å²) in [6, 6.07) is 8.50. The molecule has 0 saturated carbocycles. The van der Waals surface area contributed by atoms with Gasteiger partial charge in [-0.25, -0.2) is 0 Å². The van der Waals surface area contributed by atoms with E-state index < -0.39 is 11.7 Å². The minimum atomic E-state index is -4.47. The second kappa shape index (κ2) is 9.32. The Morgan fingerprint density at radius 2 is 1.44 bits per heavy atom. The summed E-state index contributed by atoms with van der Waals surface area (Å²) in [5.74, 6) is 1.22. The molecule has 2 aromatic rings. The van der Waals surface area contributed by atoms with Crippen LogP contribution in [0.4, 0.5) is 24.8 Å². The molecule has 2 aliphatic rings. The van der Waals surface area contributed by atoms with Crippen molar-refractivity contribution < 1.29 is 18.0 Å². The fourth-order valence-corrected chi connectivity index (χ4v) is 4.10. The van der Waals surface area contributed by atoms with Gasteiger partial charge in [0.2, 0.25) is 0 Å². The van der Waals surface area contributed by atoms with Gasteiger partial charge in [-0.05, 0) is 36.9 Å². The van der Waals surface area contributed by atoms with E-state index in [0.29, 0.717) is 26.2 Å². The molecular weight excluding hydrogens is 421 g/mol. The van der Waals surface area contributed by atoms with Crippen molar-refractivity contribution in [3.8, 4) is 0 Å². The summed E-state index contributed by atoms with van der Waals surface area (Å²) in [7, 11) is 0. The number of nitrogens with zero attached hydrogens (tertiary/aromatic N) is 6. The molecule has 7 nitrogen and oxygen atoms in total. The van der Waals surface area contributed by atoms with Gasteiger partial charge in [-0.2, -0.15) is 13.2 Å². The quantitative estimate of drug-likeness (QED) is 0.717. The number of hydrogen-bond donors (Lipinski definition) is 0. The van der Waals surface area contributed by atoms with Crippen molar-refractivity contribution in [3.05, 3.63) is 47.5 Å². The molecule has 3 heterocycles. The zero-order valence-corrected chi connectivity index (χ0v) is 18.1. The predicted molar refractivity (Wildman–Crippen MR) is 116 cm³/mol. The Morgan fingerprint density at radius 1 is 0.875 bits per heavy atom. The summed E-state index contributed by atoms with van der Waals surface area (Å²) in [5.41, 5.74) is -0.756. The number of carbonyl (C=O) groups excluding carboxylic acids is 1. The average Bonchev–Trinajstić information content (AvgIpc) is 2.83. The highest BCUT2D eigenvalue weighted by Gasteiger charge is 2.32. The summed E-state index contributed by atoms with van der Waals surface area (Å²) in [4.78, 5) is 20.9. The van der Waals surface area contributed by atoms with Gasteiger partial charge >= 0.3 is 6.18 Å². The van der Waals surface area contributed by atoms with Gasteiger partial charge in [-0.3, -0.25) is 4.79 Å². The number of aromatic nitrogens is 2. The van der Waals surface area contributed by atoms with Gasteiger partial charge in [0.25, 0.3) is 5.91 Å². The van der Waals surface area contributed by atoms with Crippen LogP contribution in [-0.4, -0.2) is 84.8 Å². The maximum absolute atomic E-state index is 12.9. The third-order valence-electron chi connectivity index (χ3n) is 6.11. The third-order valence-corrected chi connectivity index (χ3v) is 6.11. The van der Waals surface area contributed by atoms with Crippen LogP contribution in [0.15, 0.2) is 36.4 Å². The first-order chi connectivity index (χ1) is 15.3. The van der Waals surface area contributed by atoms with Crippen LogP contribution in [0.2, 0.25) is 0 Å². The van der Waals surface area contributed by atoms with Gasteiger partial charge < -0.3 is 19.6 Å². The smallest absolute Gasteiger partial charge is 0.353 e. The third kappa shape index (κ3) is 4.95. The number of likely N-dealkylation sites (N-methyl/N-ethyl adjacent to an activating group) is 1. The summed E-state index contributed by atoms with van der Waals surface area (Å²) in [6.07, 6.45) is -4.47. The van der Waals surface area contributed by atoms with Crippen LogP contribution in [0.3, 0.4) is 0 Å². The molecule has 0 atom stereocenters. The summed E-state index contributed by atoms with van der Waals surface area (Å²) in [5, 5.41) is 8.77. The van der Waals surface area contributed by atoms with E-state index in [1.807, 2.05) is 17.0 Å². The summed E-state index contributed by atoms with van der Waals surface area (Å²) < 4.78 is 38.8. The molecule has 2 saturated heterocycles. The molecule has 1 aromatic heterocycles. The molecule has 32 heavy (non-hydrogen) atoms. The molecule has 0 unspecified atom stereocenters. The lowest BCUT2D eigenvalue weighted by atomic mass is 10.1. The molecule has 0 aliphatic carbocycles. The van der Waals surface area contributed by atoms with Crippen LogP contribution >= 0.6 is 0 Å². The van der Waals surface area contributed by atoms with E-state index in [1.165, 1.54) is 12.1 Å². The molecule has 4 rings (SSSR count). The normalized spacial score (nSPS) is 18.2. The minimum Gasteiger partial charge on any atom is -0.353 e. The number of hydrogen-bond acceptors (Lipinski definition) is 6. The number of carbonyl (C=O) groups is 1. The monoisotopic (exact) mass is 448 g/mol. The van der Waals surface area contributed by atoms with Crippen molar-refractivity contribution >= 4 is 17.5 Å². The SMILES string of the molecule is CCN1CCN(c2ccc(N3CCN(C(=O)c4cccc(C(F)(F)F)c4)CC3)nn2)CC1. The standard InChI is InChI=1S/C22H27F3N6O/c1-2-28-8-10-29(11-9-28)19-6-7-20(27-26-19)30-12-14-31(15-13-30)21(32)17-4-3-5-18(16-17)22(23,24)25/h3-7,16H,2,8-15H2,1H3. The molecule has 10 heteroatoms. The van der Waals surface area contributed by atoms with Crippen molar-refractivity contribution in [1.82, 2.24) is 20.0 Å². The largest absolute Gasteiger partial charge is 0.416 e. The number of amides is 1. The molecule has 1 aromatic carbocycles. The molecule has 0 spiro atoms. The average molecular weight is 448 g/mol. The Labute approximate surface area is 185 Å². The topological polar surface area (TPSA) is 55.8 Å². The first-order valence-electron chi connectivity index (χ1n) is 10.9. The molecule has 2 fully saturated rings. The predicted octanol–water partition coefficient (Wildman–Crippen LogP) is 2.60. The van der Waals surface area contributed by atoms with Crippen molar-refractivity contribution in [2.24, 2.45) is 0 Å². The second-order valence-electron chi connectivity index (χ2n) is 8.03. The Bertz CT molecular complexity index is 920. The molecule has 0 radical (unpaired) electrons. The number of rotatable bonds is 4. The highest BCUT2D eigenvalue weighted by Crippen LogP contribution is 2.30. The zero-order chi connectivity index (χ0) is 22.7. The van der Waals surface area contributed by atoms with Crippen molar-refractivity contribution in [2.75, 3.05) is 68.7 Å². The van der Waals surface area contributed by atoms with E-state index in [2.05, 4.69) is 26.9 Å². The van der Waals surface area contributed by atoms with Crippen LogP contribution in [0.25, 0.3) is 0 Å². The van der Waals surface area contributed by atoms with E-state index >= 15 is 0 Å². The lowest BCUT2D eigenvalue weighted by molar-refractivity contribution is -0.137. The molecule has 0 N–H and O–H groups in total. The highest BCUT2D eigenvalue weighted by atomic mass is 19.4. The van der Waals surface area contributed by atoms with Crippen LogP contribution in [0.1, 0.15) is 22.8 Å². The van der Waals surface area contributed by atoms with Gasteiger partial charge in [-0.15, -0.1) is 10.2 Å². The molecule has 0 bridgehead atoms. The van der Waals surface area contributed by atoms with E-state index in [-0.39, 0.29) is 11.5 Å². The number of piperazine rings is 2. The molecule has 172 valence electrons. The molecular formula is C22H27F3N6O. The van der Waals surface area contributed by atoms with E-state index in [0.717, 1.165) is 56.5 Å². The van der Waals surface area contributed by atoms with Gasteiger partial charge in [0, 0.05) is 57.9 Å². The number of anilines is 2. The molecule has 1 amide bonds. The minimum absolute atomic E-state index is 0.0561. The van der Waals surface area contributed by atoms with E-state index in [9.17, 15) is 18.0 Å². The maximum Gasteiger partial charge on any atom is 0.416 e. The lowest BCUT2D eigenvalue weighted by Gasteiger charge is -2.36. The van der Waals surface area contributed by atoms with Crippen molar-refractivity contribution in [3.63, 3.8) is 0 Å². The Kier molecular flexibility index (Phi) is 6.50. The fraction of sp³-hybridized carbons (Fsp3) is 0.500. The summed E-state index contributed by atoms with van der Waals surface area (Å²) >= 11 is 0. The summed E-state index contributed by atoms with van der Waals surface area (Å²) in [6.45, 7) is 9.04. The van der Waals surface area contributed by atoms with Crippen LogP contribution in [-0.2, 0) is 6.18 Å². The van der Waals surface area contributed by atoms with E-state index in [4.69, 9.17) is 0 Å². The zero-order valence-electron chi connectivity index (χ0n) is 18.1. The van der Waals surface area contributed by atoms with Gasteiger partial charge in [0.15, 0.2) is 11.6 Å². The van der Waals surface area contributed by atoms with Crippen molar-refractivity contribution in [2.45, 2.75) is 13.1 Å². The highest BCUT2D eigenvalue weighted by molar-refractivity contribution is 5.94. The van der Waals surface area contributed by atoms with Crippen LogP contribution in [0.5, 0.6) is 0 Å².